The first-order chi connectivity index (χ1) is 9.93. The largest absolute Gasteiger partial charge is 0.467 e. The van der Waals surface area contributed by atoms with Gasteiger partial charge in [0.15, 0.2) is 0 Å². The van der Waals surface area contributed by atoms with Gasteiger partial charge >= 0.3 is 12.1 Å². The topological polar surface area (TPSA) is 93.7 Å². The van der Waals surface area contributed by atoms with Crippen molar-refractivity contribution < 1.29 is 23.9 Å². The molecule has 22 heavy (non-hydrogen) atoms. The van der Waals surface area contributed by atoms with Crippen LogP contribution in [0.4, 0.5) is 4.79 Å². The quantitative estimate of drug-likeness (QED) is 0.764. The maximum Gasteiger partial charge on any atom is 0.408 e. The predicted molar refractivity (Wildman–Crippen MR) is 80.1 cm³/mol. The molecule has 2 N–H and O–H groups in total. The van der Waals surface area contributed by atoms with Gasteiger partial charge in [0.2, 0.25) is 5.91 Å². The third-order valence-corrected chi connectivity index (χ3v) is 3.29. The number of carbonyl (C=O) groups is 3. The molecule has 7 heteroatoms. The molecule has 0 aromatic heterocycles. The van der Waals surface area contributed by atoms with Gasteiger partial charge < -0.3 is 20.1 Å². The molecular weight excluding hydrogens is 288 g/mol. The summed E-state index contributed by atoms with van der Waals surface area (Å²) in [6.07, 6.45) is 0.0665. The van der Waals surface area contributed by atoms with Crippen LogP contribution in [0.2, 0.25) is 0 Å². The number of nitrogens with one attached hydrogen (secondary N) is 2. The van der Waals surface area contributed by atoms with Crippen molar-refractivity contribution >= 4 is 18.0 Å². The van der Waals surface area contributed by atoms with E-state index in [0.717, 1.165) is 0 Å². The average Bonchev–Trinajstić information content (AvgIpc) is 2.58. The van der Waals surface area contributed by atoms with Crippen LogP contribution in [0, 0.1) is 5.92 Å². The van der Waals surface area contributed by atoms with Crippen LogP contribution in [0.25, 0.3) is 0 Å². The summed E-state index contributed by atoms with van der Waals surface area (Å²) in [5.41, 5.74) is -0.980. The number of hydrogen-bond donors (Lipinski definition) is 2. The molecule has 1 fully saturated rings. The van der Waals surface area contributed by atoms with E-state index in [1.165, 1.54) is 7.11 Å². The van der Waals surface area contributed by atoms with E-state index in [-0.39, 0.29) is 23.8 Å². The van der Waals surface area contributed by atoms with Crippen molar-refractivity contribution in [3.8, 4) is 0 Å². The Morgan fingerprint density at radius 3 is 2.41 bits per heavy atom. The van der Waals surface area contributed by atoms with Crippen LogP contribution in [0.15, 0.2) is 0 Å². The van der Waals surface area contributed by atoms with Crippen molar-refractivity contribution in [2.75, 3.05) is 7.11 Å². The molecule has 0 radical (unpaired) electrons. The molecule has 1 saturated heterocycles. The van der Waals surface area contributed by atoms with Gasteiger partial charge in [-0.15, -0.1) is 0 Å². The molecule has 0 aromatic rings. The van der Waals surface area contributed by atoms with Gasteiger partial charge in [-0.05, 0) is 47.5 Å². The SMILES string of the molecule is COC(=O)C(CC1CC(C)(C)NC1=O)NC(=O)OC(C)(C)C. The molecule has 1 aliphatic rings. The van der Waals surface area contributed by atoms with E-state index < -0.39 is 23.7 Å². The maximum absolute atomic E-state index is 11.9. The minimum atomic E-state index is -0.913. The van der Waals surface area contributed by atoms with Crippen LogP contribution >= 0.6 is 0 Å². The second kappa shape index (κ2) is 6.54. The molecule has 2 unspecified atom stereocenters. The Balaban J connectivity index is 2.72. The Kier molecular flexibility index (Phi) is 5.43. The minimum absolute atomic E-state index is 0.120. The van der Waals surface area contributed by atoms with E-state index in [0.29, 0.717) is 6.42 Å². The van der Waals surface area contributed by atoms with Gasteiger partial charge in [0.25, 0.3) is 0 Å². The van der Waals surface area contributed by atoms with Crippen LogP contribution in [-0.2, 0) is 19.1 Å². The highest BCUT2D eigenvalue weighted by Crippen LogP contribution is 2.28. The summed E-state index contributed by atoms with van der Waals surface area (Å²) in [5, 5.41) is 5.35. The second-order valence-electron chi connectivity index (χ2n) is 7.23. The zero-order valence-electron chi connectivity index (χ0n) is 14.1. The molecule has 0 aromatic carbocycles. The third kappa shape index (κ3) is 5.54. The number of amides is 2. The summed E-state index contributed by atoms with van der Waals surface area (Å²) in [6, 6.07) is -0.913. The molecule has 1 rings (SSSR count). The van der Waals surface area contributed by atoms with E-state index in [1.54, 1.807) is 20.8 Å². The van der Waals surface area contributed by atoms with Gasteiger partial charge in [0.05, 0.1) is 7.11 Å². The zero-order valence-corrected chi connectivity index (χ0v) is 14.1. The average molecular weight is 314 g/mol. The predicted octanol–water partition coefficient (Wildman–Crippen LogP) is 1.36. The highest BCUT2D eigenvalue weighted by Gasteiger charge is 2.40. The lowest BCUT2D eigenvalue weighted by atomic mass is 9.91. The van der Waals surface area contributed by atoms with Crippen LogP contribution < -0.4 is 10.6 Å². The fourth-order valence-corrected chi connectivity index (χ4v) is 2.48. The number of methoxy groups -OCH3 is 1. The molecule has 1 heterocycles. The van der Waals surface area contributed by atoms with Crippen molar-refractivity contribution in [1.82, 2.24) is 10.6 Å². The van der Waals surface area contributed by atoms with Gasteiger partial charge in [0, 0.05) is 11.5 Å². The summed E-state index contributed by atoms with van der Waals surface area (Å²) < 4.78 is 9.84. The fraction of sp³-hybridized carbons (Fsp3) is 0.800. The van der Waals surface area contributed by atoms with Crippen LogP contribution in [0.1, 0.15) is 47.5 Å². The lowest BCUT2D eigenvalue weighted by molar-refractivity contribution is -0.143. The normalized spacial score (nSPS) is 21.7. The highest BCUT2D eigenvalue weighted by molar-refractivity contribution is 5.85. The number of alkyl carbamates (subject to hydrolysis) is 1. The fourth-order valence-electron chi connectivity index (χ4n) is 2.48. The van der Waals surface area contributed by atoms with Gasteiger partial charge in [0.1, 0.15) is 11.6 Å². The smallest absolute Gasteiger partial charge is 0.408 e. The molecular formula is C15H26N2O5. The maximum atomic E-state index is 11.9. The molecule has 2 amide bonds. The molecule has 0 saturated carbocycles. The first kappa shape index (κ1) is 18.3. The third-order valence-electron chi connectivity index (χ3n) is 3.29. The summed E-state index contributed by atoms with van der Waals surface area (Å²) in [4.78, 5) is 35.6. The molecule has 0 spiro atoms. The zero-order chi connectivity index (χ0) is 17.1. The van der Waals surface area contributed by atoms with Crippen molar-refractivity contribution in [3.05, 3.63) is 0 Å². The van der Waals surface area contributed by atoms with Crippen LogP contribution in [0.5, 0.6) is 0 Å². The molecule has 7 nitrogen and oxygen atoms in total. The van der Waals surface area contributed by atoms with Crippen molar-refractivity contribution in [2.24, 2.45) is 5.92 Å². The number of esters is 1. The first-order valence-electron chi connectivity index (χ1n) is 7.33. The van der Waals surface area contributed by atoms with E-state index in [1.807, 2.05) is 13.8 Å². The Hall–Kier alpha value is -1.79. The van der Waals surface area contributed by atoms with Gasteiger partial charge in [-0.3, -0.25) is 4.79 Å². The summed E-state index contributed by atoms with van der Waals surface area (Å²) >= 11 is 0. The Morgan fingerprint density at radius 2 is 2.00 bits per heavy atom. The summed E-state index contributed by atoms with van der Waals surface area (Å²) in [7, 11) is 1.24. The monoisotopic (exact) mass is 314 g/mol. The number of ether oxygens (including phenoxy) is 2. The Bertz CT molecular complexity index is 453. The molecule has 126 valence electrons. The minimum Gasteiger partial charge on any atom is -0.467 e. The van der Waals surface area contributed by atoms with Crippen LogP contribution in [-0.4, -0.2) is 42.3 Å². The van der Waals surface area contributed by atoms with Crippen molar-refractivity contribution in [1.29, 1.82) is 0 Å². The molecule has 2 atom stereocenters. The van der Waals surface area contributed by atoms with Gasteiger partial charge in [-0.1, -0.05) is 0 Å². The molecule has 0 bridgehead atoms. The second-order valence-corrected chi connectivity index (χ2v) is 7.23. The van der Waals surface area contributed by atoms with E-state index >= 15 is 0 Å². The van der Waals surface area contributed by atoms with E-state index in [9.17, 15) is 14.4 Å². The van der Waals surface area contributed by atoms with Crippen molar-refractivity contribution in [3.63, 3.8) is 0 Å². The molecule has 0 aliphatic carbocycles. The number of rotatable bonds is 4. The van der Waals surface area contributed by atoms with Crippen LogP contribution in [0.3, 0.4) is 0 Å². The van der Waals surface area contributed by atoms with Crippen molar-refractivity contribution in [2.45, 2.75) is 64.6 Å². The summed E-state index contributed by atoms with van der Waals surface area (Å²) in [5.74, 6) is -1.07. The lowest BCUT2D eigenvalue weighted by Crippen LogP contribution is -2.45. The molecule has 1 aliphatic heterocycles. The number of carbonyl (C=O) groups excluding carboxylic acids is 3. The standard InChI is InChI=1S/C15H26N2O5/c1-14(2,3)22-13(20)16-10(12(19)21-6)7-9-8-15(4,5)17-11(9)18/h9-10H,7-8H2,1-6H3,(H,16,20)(H,17,18). The Morgan fingerprint density at radius 1 is 1.41 bits per heavy atom. The highest BCUT2D eigenvalue weighted by atomic mass is 16.6. The summed E-state index contributed by atoms with van der Waals surface area (Å²) in [6.45, 7) is 9.02. The van der Waals surface area contributed by atoms with Gasteiger partial charge in [-0.25, -0.2) is 9.59 Å². The van der Waals surface area contributed by atoms with E-state index in [2.05, 4.69) is 10.6 Å². The number of hydrogen-bond acceptors (Lipinski definition) is 5. The van der Waals surface area contributed by atoms with Gasteiger partial charge in [-0.2, -0.15) is 0 Å². The Labute approximate surface area is 131 Å². The van der Waals surface area contributed by atoms with E-state index in [4.69, 9.17) is 9.47 Å². The first-order valence-corrected chi connectivity index (χ1v) is 7.33. The lowest BCUT2D eigenvalue weighted by Gasteiger charge is -2.23.